The Labute approximate surface area is 120 Å². The number of aryl methyl sites for hydroxylation is 1. The van der Waals surface area contributed by atoms with E-state index in [1.165, 1.54) is 6.07 Å². The van der Waals surface area contributed by atoms with E-state index in [1.807, 2.05) is 12.1 Å². The van der Waals surface area contributed by atoms with Gasteiger partial charge in [-0.25, -0.2) is 13.8 Å². The molecular formula is C16H14F2N2O. The Kier molecular flexibility index (Phi) is 3.33. The average molecular weight is 288 g/mol. The predicted octanol–water partition coefficient (Wildman–Crippen LogP) is 4.59. The molecule has 3 aromatic rings. The molecule has 0 fully saturated rings. The van der Waals surface area contributed by atoms with Crippen molar-refractivity contribution in [2.24, 2.45) is 0 Å². The molecule has 0 radical (unpaired) electrons. The molecule has 1 atom stereocenters. The van der Waals surface area contributed by atoms with Crippen LogP contribution >= 0.6 is 0 Å². The smallest absolute Gasteiger partial charge is 0.192 e. The molecule has 0 aliphatic rings. The van der Waals surface area contributed by atoms with Crippen molar-refractivity contribution in [3.05, 3.63) is 59.5 Å². The van der Waals surface area contributed by atoms with Crippen molar-refractivity contribution in [1.29, 1.82) is 0 Å². The molecular weight excluding hydrogens is 274 g/mol. The van der Waals surface area contributed by atoms with Gasteiger partial charge in [-0.05, 0) is 43.3 Å². The largest absolute Gasteiger partial charge is 0.441 e. The normalized spacial score (nSPS) is 12.6. The Morgan fingerprint density at radius 3 is 2.76 bits per heavy atom. The van der Waals surface area contributed by atoms with Crippen LogP contribution in [0.25, 0.3) is 11.1 Å². The van der Waals surface area contributed by atoms with Crippen molar-refractivity contribution in [2.45, 2.75) is 19.9 Å². The van der Waals surface area contributed by atoms with Crippen LogP contribution in [0.1, 0.15) is 24.4 Å². The number of halogens is 2. The maximum absolute atomic E-state index is 13.7. The predicted molar refractivity (Wildman–Crippen MR) is 77.1 cm³/mol. The van der Waals surface area contributed by atoms with E-state index in [1.54, 1.807) is 19.9 Å². The SMILES string of the molecule is Cc1nc2cc(NC(C)c3cc(F)ccc3F)ccc2o1. The second-order valence-corrected chi connectivity index (χ2v) is 4.95. The van der Waals surface area contributed by atoms with Crippen LogP contribution in [-0.4, -0.2) is 4.98 Å². The number of nitrogens with one attached hydrogen (secondary N) is 1. The molecule has 0 amide bonds. The summed E-state index contributed by atoms with van der Waals surface area (Å²) in [5.74, 6) is -0.302. The van der Waals surface area contributed by atoms with Crippen LogP contribution in [-0.2, 0) is 0 Å². The van der Waals surface area contributed by atoms with Gasteiger partial charge in [-0.3, -0.25) is 0 Å². The van der Waals surface area contributed by atoms with E-state index < -0.39 is 11.6 Å². The minimum absolute atomic E-state index is 0.284. The summed E-state index contributed by atoms with van der Waals surface area (Å²) in [6.45, 7) is 3.55. The number of hydrogen-bond acceptors (Lipinski definition) is 3. The Hall–Kier alpha value is -2.43. The van der Waals surface area contributed by atoms with Gasteiger partial charge in [-0.15, -0.1) is 0 Å². The lowest BCUT2D eigenvalue weighted by molar-refractivity contribution is 0.561. The first-order valence-electron chi connectivity index (χ1n) is 6.61. The fraction of sp³-hybridized carbons (Fsp3) is 0.188. The van der Waals surface area contributed by atoms with Crippen LogP contribution in [0, 0.1) is 18.6 Å². The van der Waals surface area contributed by atoms with Gasteiger partial charge in [0.05, 0.1) is 6.04 Å². The summed E-state index contributed by atoms with van der Waals surface area (Å²) in [7, 11) is 0. The van der Waals surface area contributed by atoms with Gasteiger partial charge in [0.1, 0.15) is 17.2 Å². The molecule has 0 spiro atoms. The van der Waals surface area contributed by atoms with Gasteiger partial charge in [-0.1, -0.05) is 0 Å². The van der Waals surface area contributed by atoms with E-state index >= 15 is 0 Å². The van der Waals surface area contributed by atoms with E-state index in [2.05, 4.69) is 10.3 Å². The van der Waals surface area contributed by atoms with Crippen LogP contribution < -0.4 is 5.32 Å². The monoisotopic (exact) mass is 288 g/mol. The molecule has 21 heavy (non-hydrogen) atoms. The quantitative estimate of drug-likeness (QED) is 0.766. The summed E-state index contributed by atoms with van der Waals surface area (Å²) < 4.78 is 32.4. The third-order valence-electron chi connectivity index (χ3n) is 3.30. The topological polar surface area (TPSA) is 38.1 Å². The minimum Gasteiger partial charge on any atom is -0.441 e. The third-order valence-corrected chi connectivity index (χ3v) is 3.30. The number of oxazole rings is 1. The second-order valence-electron chi connectivity index (χ2n) is 4.95. The lowest BCUT2D eigenvalue weighted by Gasteiger charge is -2.16. The highest BCUT2D eigenvalue weighted by molar-refractivity contribution is 5.77. The number of hydrogen-bond donors (Lipinski definition) is 1. The van der Waals surface area contributed by atoms with Crippen molar-refractivity contribution in [3.63, 3.8) is 0 Å². The third kappa shape index (κ3) is 2.72. The number of fused-ring (bicyclic) bond motifs is 1. The zero-order valence-corrected chi connectivity index (χ0v) is 11.7. The van der Waals surface area contributed by atoms with Gasteiger partial charge in [0.15, 0.2) is 11.5 Å². The molecule has 0 saturated heterocycles. The first-order chi connectivity index (χ1) is 10.0. The Balaban J connectivity index is 1.88. The molecule has 108 valence electrons. The van der Waals surface area contributed by atoms with Gasteiger partial charge in [0.2, 0.25) is 0 Å². The first-order valence-corrected chi connectivity index (χ1v) is 6.61. The Bertz CT molecular complexity index is 798. The summed E-state index contributed by atoms with van der Waals surface area (Å²) in [4.78, 5) is 4.24. The Morgan fingerprint density at radius 1 is 1.14 bits per heavy atom. The molecule has 3 nitrogen and oxygen atoms in total. The number of aromatic nitrogens is 1. The highest BCUT2D eigenvalue weighted by atomic mass is 19.1. The lowest BCUT2D eigenvalue weighted by Crippen LogP contribution is -2.09. The molecule has 0 saturated carbocycles. The molecule has 1 aromatic heterocycles. The van der Waals surface area contributed by atoms with Crippen molar-refractivity contribution in [1.82, 2.24) is 4.98 Å². The van der Waals surface area contributed by atoms with Crippen molar-refractivity contribution in [3.8, 4) is 0 Å². The standard InChI is InChI=1S/C16H14F2N2O/c1-9(13-7-11(17)3-5-14(13)18)19-12-4-6-16-15(8-12)20-10(2)21-16/h3-9,19H,1-2H3. The van der Waals surface area contributed by atoms with E-state index in [0.29, 0.717) is 11.5 Å². The molecule has 1 unspecified atom stereocenters. The first kappa shape index (κ1) is 13.5. The molecule has 1 heterocycles. The summed E-state index contributed by atoms with van der Waals surface area (Å²) in [6.07, 6.45) is 0. The fourth-order valence-electron chi connectivity index (χ4n) is 2.31. The molecule has 0 aliphatic heterocycles. The maximum atomic E-state index is 13.7. The van der Waals surface area contributed by atoms with Gasteiger partial charge in [0.25, 0.3) is 0 Å². The molecule has 5 heteroatoms. The van der Waals surface area contributed by atoms with E-state index in [-0.39, 0.29) is 11.6 Å². The van der Waals surface area contributed by atoms with Crippen LogP contribution in [0.15, 0.2) is 40.8 Å². The average Bonchev–Trinajstić information content (AvgIpc) is 2.80. The lowest BCUT2D eigenvalue weighted by atomic mass is 10.1. The fourth-order valence-corrected chi connectivity index (χ4v) is 2.31. The summed E-state index contributed by atoms with van der Waals surface area (Å²) in [5.41, 5.74) is 2.48. The molecule has 3 rings (SSSR count). The van der Waals surface area contributed by atoms with E-state index in [9.17, 15) is 8.78 Å². The molecule has 1 N–H and O–H groups in total. The summed E-state index contributed by atoms with van der Waals surface area (Å²) in [5, 5.41) is 3.14. The van der Waals surface area contributed by atoms with Crippen molar-refractivity contribution < 1.29 is 13.2 Å². The molecule has 2 aromatic carbocycles. The Morgan fingerprint density at radius 2 is 1.95 bits per heavy atom. The van der Waals surface area contributed by atoms with Crippen molar-refractivity contribution >= 4 is 16.8 Å². The van der Waals surface area contributed by atoms with Gasteiger partial charge >= 0.3 is 0 Å². The van der Waals surface area contributed by atoms with E-state index in [0.717, 1.165) is 23.3 Å². The second kappa shape index (κ2) is 5.16. The summed E-state index contributed by atoms with van der Waals surface area (Å²) in [6, 6.07) is 8.51. The van der Waals surface area contributed by atoms with Gasteiger partial charge in [0, 0.05) is 18.2 Å². The highest BCUT2D eigenvalue weighted by Crippen LogP contribution is 2.25. The number of anilines is 1. The number of nitrogens with zero attached hydrogens (tertiary/aromatic N) is 1. The minimum atomic E-state index is -0.456. The molecule has 0 bridgehead atoms. The van der Waals surface area contributed by atoms with E-state index in [4.69, 9.17) is 4.42 Å². The summed E-state index contributed by atoms with van der Waals surface area (Å²) >= 11 is 0. The zero-order valence-electron chi connectivity index (χ0n) is 11.7. The van der Waals surface area contributed by atoms with Gasteiger partial charge in [-0.2, -0.15) is 0 Å². The van der Waals surface area contributed by atoms with Crippen molar-refractivity contribution in [2.75, 3.05) is 5.32 Å². The zero-order chi connectivity index (χ0) is 15.0. The van der Waals surface area contributed by atoms with Crippen LogP contribution in [0.2, 0.25) is 0 Å². The number of rotatable bonds is 3. The van der Waals surface area contributed by atoms with Crippen LogP contribution in [0.3, 0.4) is 0 Å². The van der Waals surface area contributed by atoms with Crippen LogP contribution in [0.5, 0.6) is 0 Å². The van der Waals surface area contributed by atoms with Crippen LogP contribution in [0.4, 0.5) is 14.5 Å². The molecule has 0 aliphatic carbocycles. The highest BCUT2D eigenvalue weighted by Gasteiger charge is 2.12. The van der Waals surface area contributed by atoms with Gasteiger partial charge < -0.3 is 9.73 Å². The maximum Gasteiger partial charge on any atom is 0.192 e. The number of benzene rings is 2.